The highest BCUT2D eigenvalue weighted by molar-refractivity contribution is 5.95. The number of nitrogens with one attached hydrogen (secondary N) is 1. The second kappa shape index (κ2) is 11.4. The van der Waals surface area contributed by atoms with Crippen LogP contribution in [0.1, 0.15) is 48.7 Å². The molecule has 1 aromatic heterocycles. The fourth-order valence-electron chi connectivity index (χ4n) is 5.69. The summed E-state index contributed by atoms with van der Waals surface area (Å²) in [6.07, 6.45) is 3.24. The molecule has 2 aromatic carbocycles. The number of fused-ring (bicyclic) bond motifs is 1. The molecule has 1 fully saturated rings. The topological polar surface area (TPSA) is 134 Å². The summed E-state index contributed by atoms with van der Waals surface area (Å²) >= 11 is 0. The summed E-state index contributed by atoms with van der Waals surface area (Å²) in [5.41, 5.74) is 0.821. The zero-order valence-electron chi connectivity index (χ0n) is 23.1. The first-order valence-corrected chi connectivity index (χ1v) is 13.8. The van der Waals surface area contributed by atoms with Crippen LogP contribution in [0.25, 0.3) is 11.1 Å². The number of likely N-dealkylation sites (tertiary alicyclic amines) is 1. The number of benzene rings is 2. The molecular weight excluding hydrogens is 526 g/mol. The molecule has 3 aromatic rings. The van der Waals surface area contributed by atoms with Crippen molar-refractivity contribution >= 4 is 23.6 Å². The number of carboxylic acids is 1. The van der Waals surface area contributed by atoms with Gasteiger partial charge in [-0.1, -0.05) is 36.4 Å². The summed E-state index contributed by atoms with van der Waals surface area (Å²) in [6.45, 7) is 4.52. The van der Waals surface area contributed by atoms with E-state index in [0.29, 0.717) is 32.5 Å². The van der Waals surface area contributed by atoms with Gasteiger partial charge >= 0.3 is 17.7 Å². The van der Waals surface area contributed by atoms with Gasteiger partial charge in [-0.25, -0.2) is 14.4 Å². The van der Waals surface area contributed by atoms with E-state index in [-0.39, 0.29) is 41.2 Å². The Bertz CT molecular complexity index is 1620. The normalized spacial score (nSPS) is 15.8. The SMILES string of the molecule is CC(C)n1c(=O)c(-c2ccccc2C(=O)O)cn(CC(=O)N2CCC(N3CCc4ccccc4NC3=O)CC2)c1=O. The lowest BCUT2D eigenvalue weighted by Gasteiger charge is -2.38. The number of carboxylic acid groups (broad SMARTS) is 1. The van der Waals surface area contributed by atoms with Gasteiger partial charge in [-0.3, -0.25) is 18.7 Å². The molecular formula is C30H33N5O6. The number of aromatic nitrogens is 2. The summed E-state index contributed by atoms with van der Waals surface area (Å²) in [7, 11) is 0. The minimum atomic E-state index is -1.20. The van der Waals surface area contributed by atoms with Crippen molar-refractivity contribution in [1.82, 2.24) is 18.9 Å². The Morgan fingerprint density at radius 3 is 2.34 bits per heavy atom. The second-order valence-corrected chi connectivity index (χ2v) is 10.7. The molecule has 11 heteroatoms. The molecule has 214 valence electrons. The van der Waals surface area contributed by atoms with Crippen molar-refractivity contribution in [2.75, 3.05) is 25.0 Å². The van der Waals surface area contributed by atoms with E-state index in [1.165, 1.54) is 22.9 Å². The van der Waals surface area contributed by atoms with Gasteiger partial charge in [-0.05, 0) is 50.8 Å². The van der Waals surface area contributed by atoms with E-state index >= 15 is 0 Å². The molecule has 0 saturated carbocycles. The van der Waals surface area contributed by atoms with Gasteiger partial charge in [-0.15, -0.1) is 0 Å². The number of carbonyl (C=O) groups excluding carboxylic acids is 2. The Labute approximate surface area is 236 Å². The van der Waals surface area contributed by atoms with Crippen LogP contribution in [0.15, 0.2) is 64.3 Å². The molecule has 3 amide bonds. The van der Waals surface area contributed by atoms with Crippen LogP contribution in [0.5, 0.6) is 0 Å². The molecule has 0 atom stereocenters. The van der Waals surface area contributed by atoms with E-state index in [1.54, 1.807) is 30.9 Å². The number of piperidine rings is 1. The first-order valence-electron chi connectivity index (χ1n) is 13.8. The van der Waals surface area contributed by atoms with Gasteiger partial charge in [0.2, 0.25) is 5.91 Å². The number of amides is 3. The van der Waals surface area contributed by atoms with Crippen LogP contribution in [-0.2, 0) is 17.8 Å². The van der Waals surface area contributed by atoms with Crippen LogP contribution in [0.2, 0.25) is 0 Å². The van der Waals surface area contributed by atoms with Gasteiger partial charge in [-0.2, -0.15) is 0 Å². The van der Waals surface area contributed by atoms with E-state index < -0.39 is 23.3 Å². The van der Waals surface area contributed by atoms with Crippen LogP contribution >= 0.6 is 0 Å². The molecule has 1 saturated heterocycles. The number of aromatic carboxylic acids is 1. The number of hydrogen-bond acceptors (Lipinski definition) is 5. The number of nitrogens with zero attached hydrogens (tertiary/aromatic N) is 4. The molecule has 11 nitrogen and oxygen atoms in total. The van der Waals surface area contributed by atoms with Crippen molar-refractivity contribution in [3.05, 3.63) is 86.7 Å². The van der Waals surface area contributed by atoms with Gasteiger partial charge in [0.05, 0.1) is 11.1 Å². The lowest BCUT2D eigenvalue weighted by molar-refractivity contribution is -0.133. The standard InChI is InChI=1S/C30H33N5O6/c1-19(2)35-27(37)24(22-8-4-5-9-23(22)28(38)39)17-33(30(35)41)18-26(36)32-14-12-21(13-15-32)34-16-11-20-7-3-6-10-25(20)31-29(34)40/h3-10,17,19,21H,11-16,18H2,1-2H3,(H,31,40)(H,38,39). The van der Waals surface area contributed by atoms with Crippen molar-refractivity contribution in [3.8, 4) is 11.1 Å². The van der Waals surface area contributed by atoms with Crippen molar-refractivity contribution in [1.29, 1.82) is 0 Å². The Kier molecular flexibility index (Phi) is 7.78. The van der Waals surface area contributed by atoms with Gasteiger partial charge in [0.15, 0.2) is 0 Å². The van der Waals surface area contributed by atoms with E-state index in [2.05, 4.69) is 5.32 Å². The third kappa shape index (κ3) is 5.52. The number of hydrogen-bond donors (Lipinski definition) is 2. The molecule has 2 N–H and O–H groups in total. The number of para-hydroxylation sites is 1. The smallest absolute Gasteiger partial charge is 0.336 e. The summed E-state index contributed by atoms with van der Waals surface area (Å²) in [5, 5.41) is 12.7. The number of rotatable bonds is 6. The molecule has 0 aliphatic carbocycles. The lowest BCUT2D eigenvalue weighted by atomic mass is 10.0. The highest BCUT2D eigenvalue weighted by Gasteiger charge is 2.31. The maximum atomic E-state index is 13.4. The molecule has 0 radical (unpaired) electrons. The second-order valence-electron chi connectivity index (χ2n) is 10.7. The largest absolute Gasteiger partial charge is 0.478 e. The summed E-state index contributed by atoms with van der Waals surface area (Å²) in [4.78, 5) is 68.2. The third-order valence-electron chi connectivity index (χ3n) is 7.86. The maximum Gasteiger partial charge on any atom is 0.336 e. The predicted molar refractivity (Wildman–Crippen MR) is 153 cm³/mol. The van der Waals surface area contributed by atoms with Crippen LogP contribution in [0, 0.1) is 0 Å². The van der Waals surface area contributed by atoms with Crippen molar-refractivity contribution in [2.24, 2.45) is 0 Å². The Hall–Kier alpha value is -4.67. The highest BCUT2D eigenvalue weighted by Crippen LogP contribution is 2.25. The average molecular weight is 560 g/mol. The molecule has 5 rings (SSSR count). The Balaban J connectivity index is 1.33. The van der Waals surface area contributed by atoms with Crippen molar-refractivity contribution < 1.29 is 19.5 Å². The van der Waals surface area contributed by atoms with E-state index in [0.717, 1.165) is 22.2 Å². The quantitative estimate of drug-likeness (QED) is 0.477. The molecule has 0 spiro atoms. The summed E-state index contributed by atoms with van der Waals surface area (Å²) in [5.74, 6) is -1.49. The fraction of sp³-hybridized carbons (Fsp3) is 0.367. The zero-order valence-corrected chi connectivity index (χ0v) is 23.1. The van der Waals surface area contributed by atoms with Gasteiger partial charge in [0.25, 0.3) is 5.56 Å². The minimum absolute atomic E-state index is 0.0157. The van der Waals surface area contributed by atoms with E-state index in [9.17, 15) is 29.1 Å². The zero-order chi connectivity index (χ0) is 29.3. The minimum Gasteiger partial charge on any atom is -0.478 e. The monoisotopic (exact) mass is 559 g/mol. The van der Waals surface area contributed by atoms with E-state index in [1.807, 2.05) is 29.2 Å². The van der Waals surface area contributed by atoms with Crippen molar-refractivity contribution in [3.63, 3.8) is 0 Å². The first-order chi connectivity index (χ1) is 19.7. The molecule has 2 aliphatic rings. The first kappa shape index (κ1) is 27.9. The van der Waals surface area contributed by atoms with Gasteiger partial charge in [0.1, 0.15) is 6.54 Å². The molecule has 2 aliphatic heterocycles. The van der Waals surface area contributed by atoms with E-state index in [4.69, 9.17) is 0 Å². The van der Waals surface area contributed by atoms with Gasteiger partial charge in [0, 0.05) is 49.2 Å². The Morgan fingerprint density at radius 1 is 0.951 bits per heavy atom. The summed E-state index contributed by atoms with van der Waals surface area (Å²) in [6, 6.07) is 13.2. The average Bonchev–Trinajstić information content (AvgIpc) is 3.12. The Morgan fingerprint density at radius 2 is 1.63 bits per heavy atom. The highest BCUT2D eigenvalue weighted by atomic mass is 16.4. The number of urea groups is 1. The van der Waals surface area contributed by atoms with Crippen molar-refractivity contribution in [2.45, 2.75) is 51.7 Å². The summed E-state index contributed by atoms with van der Waals surface area (Å²) < 4.78 is 2.23. The maximum absolute atomic E-state index is 13.4. The van der Waals surface area contributed by atoms with Crippen LogP contribution in [0.3, 0.4) is 0 Å². The molecule has 0 unspecified atom stereocenters. The fourth-order valence-corrected chi connectivity index (χ4v) is 5.69. The molecule has 41 heavy (non-hydrogen) atoms. The predicted octanol–water partition coefficient (Wildman–Crippen LogP) is 3.04. The van der Waals surface area contributed by atoms with Crippen LogP contribution in [-0.4, -0.2) is 67.6 Å². The third-order valence-corrected chi connectivity index (χ3v) is 7.86. The number of anilines is 1. The molecule has 3 heterocycles. The lowest BCUT2D eigenvalue weighted by Crippen LogP contribution is -2.51. The van der Waals surface area contributed by atoms with Crippen LogP contribution in [0.4, 0.5) is 10.5 Å². The molecule has 0 bridgehead atoms. The van der Waals surface area contributed by atoms with Gasteiger partial charge < -0.3 is 20.2 Å². The number of carbonyl (C=O) groups is 3. The van der Waals surface area contributed by atoms with Crippen LogP contribution < -0.4 is 16.6 Å².